The first-order valence-corrected chi connectivity index (χ1v) is 9.18. The van der Waals surface area contributed by atoms with Crippen LogP contribution in [0, 0.1) is 5.92 Å². The summed E-state index contributed by atoms with van der Waals surface area (Å²) in [6.07, 6.45) is 6.03. The zero-order valence-electron chi connectivity index (χ0n) is 15.7. The number of hydrogen-bond acceptors (Lipinski definition) is 5. The highest BCUT2D eigenvalue weighted by atomic mass is 16.2. The van der Waals surface area contributed by atoms with Gasteiger partial charge in [0, 0.05) is 24.2 Å². The van der Waals surface area contributed by atoms with Crippen molar-refractivity contribution in [1.82, 2.24) is 35.1 Å². The number of amides is 1. The quantitative estimate of drug-likeness (QED) is 0.539. The van der Waals surface area contributed by atoms with Gasteiger partial charge in [-0.1, -0.05) is 19.9 Å². The fraction of sp³-hybridized carbons (Fsp3) is 0.250. The Morgan fingerprint density at radius 2 is 2.00 bits per heavy atom. The smallest absolute Gasteiger partial charge is 0.269 e. The molecule has 0 saturated carbocycles. The Kier molecular flexibility index (Phi) is 4.84. The predicted octanol–water partition coefficient (Wildman–Crippen LogP) is 3.03. The summed E-state index contributed by atoms with van der Waals surface area (Å²) in [6.45, 7) is 4.22. The maximum Gasteiger partial charge on any atom is 0.269 e. The first-order valence-electron chi connectivity index (χ1n) is 9.18. The fourth-order valence-corrected chi connectivity index (χ4v) is 3.14. The molecule has 1 amide bonds. The number of carbonyl (C=O) groups is 1. The van der Waals surface area contributed by atoms with E-state index < -0.39 is 0 Å². The van der Waals surface area contributed by atoms with Crippen LogP contribution in [-0.2, 0) is 0 Å². The molecule has 28 heavy (non-hydrogen) atoms. The minimum atomic E-state index is -0.266. The summed E-state index contributed by atoms with van der Waals surface area (Å²) in [4.78, 5) is 16.9. The van der Waals surface area contributed by atoms with E-state index in [2.05, 4.69) is 44.5 Å². The normalized spacial score (nSPS) is 12.4. The van der Waals surface area contributed by atoms with Gasteiger partial charge in [0.2, 0.25) is 0 Å². The van der Waals surface area contributed by atoms with E-state index in [0.29, 0.717) is 23.1 Å². The highest BCUT2D eigenvalue weighted by molar-refractivity contribution is 5.93. The number of hydrogen-bond donors (Lipinski definition) is 2. The van der Waals surface area contributed by atoms with Gasteiger partial charge in [-0.25, -0.2) is 0 Å². The Morgan fingerprint density at radius 1 is 1.18 bits per heavy atom. The van der Waals surface area contributed by atoms with Crippen molar-refractivity contribution in [2.24, 2.45) is 5.92 Å². The molecule has 0 fully saturated rings. The molecule has 0 aliphatic heterocycles. The van der Waals surface area contributed by atoms with E-state index in [1.807, 2.05) is 40.9 Å². The van der Waals surface area contributed by atoms with Gasteiger partial charge in [-0.05, 0) is 42.7 Å². The zero-order valence-corrected chi connectivity index (χ0v) is 15.7. The highest BCUT2D eigenvalue weighted by Crippen LogP contribution is 2.22. The van der Waals surface area contributed by atoms with Crippen LogP contribution in [0.4, 0.5) is 0 Å². The Hall–Kier alpha value is -3.55. The van der Waals surface area contributed by atoms with Crippen molar-refractivity contribution >= 4 is 11.6 Å². The molecular formula is C20H21N7O. The lowest BCUT2D eigenvalue weighted by Gasteiger charge is -2.18. The molecule has 4 rings (SSSR count). The number of fused-ring (bicyclic) bond motifs is 1. The lowest BCUT2D eigenvalue weighted by atomic mass is 10.0. The van der Waals surface area contributed by atoms with Gasteiger partial charge in [0.15, 0.2) is 11.5 Å². The summed E-state index contributed by atoms with van der Waals surface area (Å²) in [6, 6.07) is 10.9. The highest BCUT2D eigenvalue weighted by Gasteiger charge is 2.23. The van der Waals surface area contributed by atoms with Crippen molar-refractivity contribution in [3.63, 3.8) is 0 Å². The van der Waals surface area contributed by atoms with Crippen molar-refractivity contribution in [3.05, 3.63) is 66.5 Å². The molecule has 2 N–H and O–H groups in total. The topological polar surface area (TPSA) is 101 Å². The lowest BCUT2D eigenvalue weighted by molar-refractivity contribution is 0.0924. The molecule has 8 nitrogen and oxygen atoms in total. The molecule has 4 heterocycles. The summed E-state index contributed by atoms with van der Waals surface area (Å²) in [5.74, 6) is 0.855. The number of nitrogens with one attached hydrogen (secondary N) is 2. The third-order valence-corrected chi connectivity index (χ3v) is 4.46. The van der Waals surface area contributed by atoms with Gasteiger partial charge in [0.05, 0.1) is 11.7 Å². The Morgan fingerprint density at radius 3 is 2.79 bits per heavy atom. The summed E-state index contributed by atoms with van der Waals surface area (Å²) in [5.41, 5.74) is 2.74. The van der Waals surface area contributed by atoms with Crippen LogP contribution in [0.25, 0.3) is 16.9 Å². The van der Waals surface area contributed by atoms with Crippen LogP contribution in [0.5, 0.6) is 0 Å². The molecule has 0 aliphatic rings. The van der Waals surface area contributed by atoms with Gasteiger partial charge in [0.25, 0.3) is 5.91 Å². The number of rotatable bonds is 6. The van der Waals surface area contributed by atoms with Crippen molar-refractivity contribution in [2.75, 3.05) is 0 Å². The summed E-state index contributed by atoms with van der Waals surface area (Å²) >= 11 is 0. The van der Waals surface area contributed by atoms with E-state index in [0.717, 1.165) is 17.6 Å². The molecule has 0 unspecified atom stereocenters. The Labute approximate surface area is 162 Å². The van der Waals surface area contributed by atoms with Crippen LogP contribution in [0.1, 0.15) is 42.6 Å². The molecule has 1 atom stereocenters. The second-order valence-electron chi connectivity index (χ2n) is 7.05. The molecular weight excluding hydrogens is 354 g/mol. The predicted molar refractivity (Wildman–Crippen MR) is 104 cm³/mol. The van der Waals surface area contributed by atoms with Gasteiger partial charge in [-0.15, -0.1) is 10.2 Å². The minimum Gasteiger partial charge on any atom is -0.341 e. The number of nitrogens with zero attached hydrogens (tertiary/aromatic N) is 5. The van der Waals surface area contributed by atoms with E-state index >= 15 is 0 Å². The van der Waals surface area contributed by atoms with Crippen molar-refractivity contribution < 1.29 is 4.79 Å². The SMILES string of the molecule is CC(C)C[C@H](NC(=O)c1cc(-c2ccncc2)n[nH]1)c1nnc2ccccn12. The molecule has 142 valence electrons. The van der Waals surface area contributed by atoms with Crippen molar-refractivity contribution in [3.8, 4) is 11.3 Å². The van der Waals surface area contributed by atoms with Crippen LogP contribution in [-0.4, -0.2) is 35.7 Å². The van der Waals surface area contributed by atoms with Crippen LogP contribution < -0.4 is 5.32 Å². The van der Waals surface area contributed by atoms with Gasteiger partial charge in [-0.2, -0.15) is 5.10 Å². The molecule has 0 aromatic carbocycles. The second kappa shape index (κ2) is 7.59. The van der Waals surface area contributed by atoms with E-state index in [9.17, 15) is 4.79 Å². The second-order valence-corrected chi connectivity index (χ2v) is 7.05. The minimum absolute atomic E-state index is 0.230. The van der Waals surface area contributed by atoms with Crippen LogP contribution >= 0.6 is 0 Å². The Bertz CT molecular complexity index is 1080. The van der Waals surface area contributed by atoms with Crippen LogP contribution in [0.2, 0.25) is 0 Å². The first-order chi connectivity index (χ1) is 13.6. The molecule has 4 aromatic heterocycles. The number of pyridine rings is 2. The molecule has 0 aliphatic carbocycles. The summed E-state index contributed by atoms with van der Waals surface area (Å²) < 4.78 is 1.91. The number of carbonyl (C=O) groups excluding carboxylic acids is 1. The maximum atomic E-state index is 12.9. The zero-order chi connectivity index (χ0) is 19.5. The average molecular weight is 375 g/mol. The first kappa shape index (κ1) is 17.8. The van der Waals surface area contributed by atoms with E-state index in [-0.39, 0.29) is 11.9 Å². The van der Waals surface area contributed by atoms with Crippen molar-refractivity contribution in [1.29, 1.82) is 0 Å². The fourth-order valence-electron chi connectivity index (χ4n) is 3.14. The number of aromatic amines is 1. The van der Waals surface area contributed by atoms with Gasteiger partial charge < -0.3 is 5.32 Å². The standard InChI is InChI=1S/C20H21N7O/c1-13(2)11-16(19-26-25-18-5-3-4-10-27(18)19)22-20(28)17-12-15(23-24-17)14-6-8-21-9-7-14/h3-10,12-13,16H,11H2,1-2H3,(H,22,28)(H,23,24)/t16-/m0/s1. The monoisotopic (exact) mass is 375 g/mol. The third kappa shape index (κ3) is 3.62. The maximum absolute atomic E-state index is 12.9. The van der Waals surface area contributed by atoms with Gasteiger partial charge in [0.1, 0.15) is 5.69 Å². The average Bonchev–Trinajstić information content (AvgIpc) is 3.35. The third-order valence-electron chi connectivity index (χ3n) is 4.46. The lowest BCUT2D eigenvalue weighted by Crippen LogP contribution is -2.31. The number of aromatic nitrogens is 6. The molecule has 0 bridgehead atoms. The molecule has 4 aromatic rings. The Balaban J connectivity index is 1.59. The molecule has 8 heteroatoms. The summed E-state index contributed by atoms with van der Waals surface area (Å²) in [5, 5.41) is 18.7. The van der Waals surface area contributed by atoms with E-state index in [4.69, 9.17) is 0 Å². The van der Waals surface area contributed by atoms with Crippen LogP contribution in [0.15, 0.2) is 55.0 Å². The largest absolute Gasteiger partial charge is 0.341 e. The van der Waals surface area contributed by atoms with Gasteiger partial charge >= 0.3 is 0 Å². The van der Waals surface area contributed by atoms with Crippen molar-refractivity contribution in [2.45, 2.75) is 26.3 Å². The molecule has 0 saturated heterocycles. The summed E-state index contributed by atoms with van der Waals surface area (Å²) in [7, 11) is 0. The molecule has 0 radical (unpaired) electrons. The van der Waals surface area contributed by atoms with Crippen LogP contribution in [0.3, 0.4) is 0 Å². The van der Waals surface area contributed by atoms with Gasteiger partial charge in [-0.3, -0.25) is 19.3 Å². The molecule has 0 spiro atoms. The number of H-pyrrole nitrogens is 1. The van der Waals surface area contributed by atoms with E-state index in [1.165, 1.54) is 0 Å². The van der Waals surface area contributed by atoms with E-state index in [1.54, 1.807) is 18.5 Å².